The van der Waals surface area contributed by atoms with Crippen LogP contribution < -0.4 is 5.73 Å². The Labute approximate surface area is 121 Å². The Hall–Kier alpha value is -1.53. The molecule has 6 heteroatoms. The van der Waals surface area contributed by atoms with Gasteiger partial charge in [0.15, 0.2) is 0 Å². The van der Waals surface area contributed by atoms with Gasteiger partial charge in [0.2, 0.25) is 0 Å². The molecule has 0 amide bonds. The smallest absolute Gasteiger partial charge is 0.372 e. The number of ether oxygens (including phenoxy) is 1. The van der Waals surface area contributed by atoms with Crippen molar-refractivity contribution >= 4 is 10.9 Å². The molecule has 1 aromatic carbocycles. The van der Waals surface area contributed by atoms with E-state index in [0.717, 1.165) is 22.9 Å². The lowest BCUT2D eigenvalue weighted by atomic mass is 10.1. The SMILES string of the molecule is NCCc1cccc2ccn(CCCOCC(F)(F)F)c12. The van der Waals surface area contributed by atoms with Gasteiger partial charge in [-0.15, -0.1) is 0 Å². The van der Waals surface area contributed by atoms with Crippen LogP contribution in [-0.2, 0) is 17.7 Å². The zero-order chi connectivity index (χ0) is 15.3. The standard InChI is InChI=1S/C15H19F3N2O/c16-15(17,18)11-21-10-2-8-20-9-6-13-4-1-3-12(5-7-19)14(13)20/h1,3-4,6,9H,2,5,7-8,10-11,19H2. The highest BCUT2D eigenvalue weighted by atomic mass is 19.4. The zero-order valence-corrected chi connectivity index (χ0v) is 11.7. The Bertz CT molecular complexity index is 578. The lowest BCUT2D eigenvalue weighted by molar-refractivity contribution is -0.174. The van der Waals surface area contributed by atoms with Gasteiger partial charge in [0.1, 0.15) is 6.61 Å². The molecule has 0 unspecified atom stereocenters. The molecule has 0 saturated heterocycles. The first-order chi connectivity index (χ1) is 10.0. The second-order valence-electron chi connectivity index (χ2n) is 4.92. The van der Waals surface area contributed by atoms with Crippen LogP contribution in [0, 0.1) is 0 Å². The normalized spacial score (nSPS) is 12.2. The monoisotopic (exact) mass is 300 g/mol. The van der Waals surface area contributed by atoms with Crippen molar-refractivity contribution in [3.05, 3.63) is 36.0 Å². The first kappa shape index (κ1) is 15.9. The molecule has 116 valence electrons. The molecule has 0 fully saturated rings. The fourth-order valence-electron chi connectivity index (χ4n) is 2.41. The maximum Gasteiger partial charge on any atom is 0.411 e. The highest BCUT2D eigenvalue weighted by Crippen LogP contribution is 2.21. The summed E-state index contributed by atoms with van der Waals surface area (Å²) in [5, 5.41) is 1.12. The van der Waals surface area contributed by atoms with Crippen molar-refractivity contribution in [3.63, 3.8) is 0 Å². The van der Waals surface area contributed by atoms with E-state index in [9.17, 15) is 13.2 Å². The van der Waals surface area contributed by atoms with Crippen molar-refractivity contribution in [2.45, 2.75) is 25.6 Å². The molecule has 0 bridgehead atoms. The van der Waals surface area contributed by atoms with Crippen LogP contribution in [0.3, 0.4) is 0 Å². The van der Waals surface area contributed by atoms with Gasteiger partial charge >= 0.3 is 6.18 Å². The summed E-state index contributed by atoms with van der Waals surface area (Å²) in [5.41, 5.74) is 7.89. The number of alkyl halides is 3. The molecule has 0 atom stereocenters. The van der Waals surface area contributed by atoms with Crippen LogP contribution >= 0.6 is 0 Å². The molecule has 2 N–H and O–H groups in total. The molecule has 0 spiro atoms. The number of nitrogens with two attached hydrogens (primary N) is 1. The molecule has 0 saturated carbocycles. The van der Waals surface area contributed by atoms with Crippen LogP contribution in [0.4, 0.5) is 13.2 Å². The Morgan fingerprint density at radius 1 is 1.19 bits per heavy atom. The summed E-state index contributed by atoms with van der Waals surface area (Å²) in [6.45, 7) is 0.109. The third-order valence-electron chi connectivity index (χ3n) is 3.24. The van der Waals surface area contributed by atoms with Crippen molar-refractivity contribution < 1.29 is 17.9 Å². The van der Waals surface area contributed by atoms with Crippen molar-refractivity contribution in [2.24, 2.45) is 5.73 Å². The number of hydrogen-bond acceptors (Lipinski definition) is 2. The zero-order valence-electron chi connectivity index (χ0n) is 11.7. The van der Waals surface area contributed by atoms with E-state index in [1.54, 1.807) is 0 Å². The molecule has 1 heterocycles. The molecular weight excluding hydrogens is 281 g/mol. The maximum atomic E-state index is 12.0. The minimum absolute atomic E-state index is 0.0955. The van der Waals surface area contributed by atoms with Crippen LogP contribution in [0.25, 0.3) is 10.9 Å². The molecule has 0 aliphatic rings. The van der Waals surface area contributed by atoms with Crippen molar-refractivity contribution in [3.8, 4) is 0 Å². The van der Waals surface area contributed by atoms with Gasteiger partial charge in [0.25, 0.3) is 0 Å². The molecule has 0 aliphatic heterocycles. The molecular formula is C15H19F3N2O. The molecule has 0 radical (unpaired) electrons. The Kier molecular flexibility index (Phi) is 5.25. The number of rotatable bonds is 7. The average Bonchev–Trinajstić information content (AvgIpc) is 2.82. The predicted octanol–water partition coefficient (Wildman–Crippen LogP) is 3.11. The van der Waals surface area contributed by atoms with E-state index in [-0.39, 0.29) is 6.61 Å². The third kappa shape index (κ3) is 4.47. The number of hydrogen-bond donors (Lipinski definition) is 1. The van der Waals surface area contributed by atoms with Crippen LogP contribution in [0.15, 0.2) is 30.5 Å². The Balaban J connectivity index is 1.96. The van der Waals surface area contributed by atoms with Crippen LogP contribution in [0.2, 0.25) is 0 Å². The molecule has 21 heavy (non-hydrogen) atoms. The summed E-state index contributed by atoms with van der Waals surface area (Å²) >= 11 is 0. The van der Waals surface area contributed by atoms with Gasteiger partial charge in [-0.3, -0.25) is 0 Å². The average molecular weight is 300 g/mol. The van der Waals surface area contributed by atoms with Gasteiger partial charge in [-0.2, -0.15) is 13.2 Å². The van der Waals surface area contributed by atoms with Gasteiger partial charge in [0.05, 0.1) is 5.52 Å². The van der Waals surface area contributed by atoms with E-state index in [2.05, 4.69) is 9.30 Å². The predicted molar refractivity (Wildman–Crippen MR) is 76.2 cm³/mol. The van der Waals surface area contributed by atoms with E-state index in [1.165, 1.54) is 0 Å². The maximum absolute atomic E-state index is 12.0. The fourth-order valence-corrected chi connectivity index (χ4v) is 2.41. The topological polar surface area (TPSA) is 40.2 Å². The first-order valence-corrected chi connectivity index (χ1v) is 6.92. The van der Waals surface area contributed by atoms with Gasteiger partial charge < -0.3 is 15.0 Å². The van der Waals surface area contributed by atoms with Gasteiger partial charge in [-0.05, 0) is 36.4 Å². The minimum Gasteiger partial charge on any atom is -0.372 e. The van der Waals surface area contributed by atoms with E-state index in [4.69, 9.17) is 5.73 Å². The van der Waals surface area contributed by atoms with Gasteiger partial charge in [-0.1, -0.05) is 18.2 Å². The molecule has 1 aromatic heterocycles. The Morgan fingerprint density at radius 3 is 2.71 bits per heavy atom. The molecule has 3 nitrogen and oxygen atoms in total. The first-order valence-electron chi connectivity index (χ1n) is 6.92. The van der Waals surface area contributed by atoms with Gasteiger partial charge in [-0.25, -0.2) is 0 Å². The number of aryl methyl sites for hydroxylation is 1. The van der Waals surface area contributed by atoms with Crippen LogP contribution in [-0.4, -0.2) is 30.5 Å². The van der Waals surface area contributed by atoms with Crippen LogP contribution in [0.1, 0.15) is 12.0 Å². The number of benzene rings is 1. The number of nitrogens with zero attached hydrogens (tertiary/aromatic N) is 1. The minimum atomic E-state index is -4.26. The highest BCUT2D eigenvalue weighted by molar-refractivity contribution is 5.83. The second-order valence-corrected chi connectivity index (χ2v) is 4.92. The highest BCUT2D eigenvalue weighted by Gasteiger charge is 2.27. The Morgan fingerprint density at radius 2 is 2.00 bits per heavy atom. The second kappa shape index (κ2) is 6.95. The van der Waals surface area contributed by atoms with Crippen LogP contribution in [0.5, 0.6) is 0 Å². The summed E-state index contributed by atoms with van der Waals surface area (Å²) < 4.78 is 42.6. The number of para-hydroxylation sites is 1. The largest absolute Gasteiger partial charge is 0.411 e. The quantitative estimate of drug-likeness (QED) is 0.798. The summed E-state index contributed by atoms with van der Waals surface area (Å²) in [7, 11) is 0. The summed E-state index contributed by atoms with van der Waals surface area (Å²) in [6.07, 6.45) is -0.981. The van der Waals surface area contributed by atoms with Gasteiger partial charge in [0, 0.05) is 19.3 Å². The summed E-state index contributed by atoms with van der Waals surface area (Å²) in [6, 6.07) is 8.05. The third-order valence-corrected chi connectivity index (χ3v) is 3.24. The number of fused-ring (bicyclic) bond motifs is 1. The molecule has 0 aliphatic carbocycles. The van der Waals surface area contributed by atoms with E-state index < -0.39 is 12.8 Å². The number of halogens is 3. The van der Waals surface area contributed by atoms with Crippen molar-refractivity contribution in [1.29, 1.82) is 0 Å². The summed E-state index contributed by atoms with van der Waals surface area (Å²) in [4.78, 5) is 0. The lowest BCUT2D eigenvalue weighted by Crippen LogP contribution is -2.17. The summed E-state index contributed by atoms with van der Waals surface area (Å²) in [5.74, 6) is 0. The lowest BCUT2D eigenvalue weighted by Gasteiger charge is -2.10. The fraction of sp³-hybridized carbons (Fsp3) is 0.467. The number of aromatic nitrogens is 1. The van der Waals surface area contributed by atoms with E-state index >= 15 is 0 Å². The molecule has 2 aromatic rings. The van der Waals surface area contributed by atoms with Crippen molar-refractivity contribution in [1.82, 2.24) is 4.57 Å². The van der Waals surface area contributed by atoms with Crippen molar-refractivity contribution in [2.75, 3.05) is 19.8 Å². The molecule has 2 rings (SSSR count). The van der Waals surface area contributed by atoms with E-state index in [1.807, 2.05) is 30.5 Å². The van der Waals surface area contributed by atoms with E-state index in [0.29, 0.717) is 19.5 Å².